The first-order chi connectivity index (χ1) is 8.12. The number of nitrogens with two attached hydrogens (primary N) is 1. The number of halogens is 1. The second-order valence-electron chi connectivity index (χ2n) is 4.90. The molecule has 2 aliphatic rings. The highest BCUT2D eigenvalue weighted by atomic mass is 79.9. The van der Waals surface area contributed by atoms with Gasteiger partial charge in [0.15, 0.2) is 11.5 Å². The molecule has 1 aromatic rings. The van der Waals surface area contributed by atoms with Gasteiger partial charge in [0.1, 0.15) is 0 Å². The molecule has 2 N–H and O–H groups in total. The smallest absolute Gasteiger partial charge is 0.175 e. The summed E-state index contributed by atoms with van der Waals surface area (Å²) >= 11 is 3.56. The fourth-order valence-electron chi connectivity index (χ4n) is 2.34. The van der Waals surface area contributed by atoms with Crippen molar-refractivity contribution in [2.45, 2.75) is 31.7 Å². The molecule has 3 rings (SSSR count). The van der Waals surface area contributed by atoms with Gasteiger partial charge in [-0.1, -0.05) is 0 Å². The SMILES string of the molecule is Cc1c(C2(N)CC2)cc(Br)c2c1OCCCO2. The van der Waals surface area contributed by atoms with Crippen molar-refractivity contribution >= 4 is 15.9 Å². The van der Waals surface area contributed by atoms with Crippen molar-refractivity contribution in [1.82, 2.24) is 0 Å². The summed E-state index contributed by atoms with van der Waals surface area (Å²) < 4.78 is 12.5. The summed E-state index contributed by atoms with van der Waals surface area (Å²) in [5, 5.41) is 0. The van der Waals surface area contributed by atoms with Gasteiger partial charge in [-0.15, -0.1) is 0 Å². The second-order valence-corrected chi connectivity index (χ2v) is 5.75. The number of fused-ring (bicyclic) bond motifs is 1. The number of ether oxygens (including phenoxy) is 2. The van der Waals surface area contributed by atoms with Gasteiger partial charge in [-0.05, 0) is 47.3 Å². The zero-order valence-corrected chi connectivity index (χ0v) is 11.5. The molecule has 1 aromatic carbocycles. The molecule has 0 bridgehead atoms. The lowest BCUT2D eigenvalue weighted by atomic mass is 9.98. The fourth-order valence-corrected chi connectivity index (χ4v) is 2.86. The van der Waals surface area contributed by atoms with Crippen molar-refractivity contribution in [3.63, 3.8) is 0 Å². The van der Waals surface area contributed by atoms with Crippen LogP contribution < -0.4 is 15.2 Å². The quantitative estimate of drug-likeness (QED) is 0.867. The Morgan fingerprint density at radius 1 is 1.24 bits per heavy atom. The topological polar surface area (TPSA) is 44.5 Å². The lowest BCUT2D eigenvalue weighted by molar-refractivity contribution is 0.296. The maximum Gasteiger partial charge on any atom is 0.175 e. The van der Waals surface area contributed by atoms with Gasteiger partial charge in [0.25, 0.3) is 0 Å². The Bertz CT molecular complexity index is 469. The monoisotopic (exact) mass is 297 g/mol. The summed E-state index contributed by atoms with van der Waals surface area (Å²) in [6.07, 6.45) is 3.03. The fraction of sp³-hybridized carbons (Fsp3) is 0.538. The summed E-state index contributed by atoms with van der Waals surface area (Å²) in [7, 11) is 0. The van der Waals surface area contributed by atoms with Crippen molar-refractivity contribution in [3.05, 3.63) is 21.7 Å². The molecule has 0 amide bonds. The number of benzene rings is 1. The maximum atomic E-state index is 6.29. The van der Waals surface area contributed by atoms with Crippen LogP contribution in [0, 0.1) is 6.92 Å². The Hall–Kier alpha value is -0.740. The average Bonchev–Trinajstić information content (AvgIpc) is 3.07. The van der Waals surface area contributed by atoms with E-state index in [9.17, 15) is 0 Å². The van der Waals surface area contributed by atoms with E-state index < -0.39 is 0 Å². The minimum Gasteiger partial charge on any atom is -0.489 e. The van der Waals surface area contributed by atoms with E-state index in [-0.39, 0.29) is 5.54 Å². The number of rotatable bonds is 1. The van der Waals surface area contributed by atoms with E-state index in [0.717, 1.165) is 40.8 Å². The Balaban J connectivity index is 2.15. The molecule has 17 heavy (non-hydrogen) atoms. The predicted molar refractivity (Wildman–Crippen MR) is 69.6 cm³/mol. The molecule has 1 aliphatic heterocycles. The van der Waals surface area contributed by atoms with Gasteiger partial charge in [-0.2, -0.15) is 0 Å². The highest BCUT2D eigenvalue weighted by Gasteiger charge is 2.42. The normalized spacial score (nSPS) is 20.9. The molecule has 1 saturated carbocycles. The van der Waals surface area contributed by atoms with Crippen molar-refractivity contribution in [2.24, 2.45) is 5.73 Å². The molecular weight excluding hydrogens is 282 g/mol. The Labute approximate surface area is 109 Å². The van der Waals surface area contributed by atoms with E-state index >= 15 is 0 Å². The lowest BCUT2D eigenvalue weighted by Gasteiger charge is -2.19. The second kappa shape index (κ2) is 3.89. The molecule has 0 atom stereocenters. The first-order valence-electron chi connectivity index (χ1n) is 6.00. The van der Waals surface area contributed by atoms with E-state index in [2.05, 4.69) is 28.9 Å². The molecule has 0 radical (unpaired) electrons. The van der Waals surface area contributed by atoms with Gasteiger partial charge in [0.05, 0.1) is 17.7 Å². The van der Waals surface area contributed by atoms with Crippen LogP contribution in [0.4, 0.5) is 0 Å². The Kier molecular flexibility index (Phi) is 2.60. The summed E-state index contributed by atoms with van der Waals surface area (Å²) in [5.74, 6) is 1.69. The van der Waals surface area contributed by atoms with Crippen LogP contribution in [0.3, 0.4) is 0 Å². The van der Waals surface area contributed by atoms with E-state index in [1.807, 2.05) is 0 Å². The van der Waals surface area contributed by atoms with Gasteiger partial charge in [-0.3, -0.25) is 0 Å². The van der Waals surface area contributed by atoms with Gasteiger partial charge in [-0.25, -0.2) is 0 Å². The summed E-state index contributed by atoms with van der Waals surface area (Å²) in [4.78, 5) is 0. The molecule has 0 saturated heterocycles. The van der Waals surface area contributed by atoms with E-state index in [1.54, 1.807) is 0 Å². The van der Waals surface area contributed by atoms with Crippen LogP contribution in [-0.2, 0) is 5.54 Å². The van der Waals surface area contributed by atoms with Gasteiger partial charge in [0, 0.05) is 17.5 Å². The highest BCUT2D eigenvalue weighted by molar-refractivity contribution is 9.10. The zero-order chi connectivity index (χ0) is 12.0. The molecule has 0 unspecified atom stereocenters. The molecular formula is C13H16BrNO2. The maximum absolute atomic E-state index is 6.29. The Morgan fingerprint density at radius 3 is 2.53 bits per heavy atom. The minimum absolute atomic E-state index is 0.142. The molecule has 3 nitrogen and oxygen atoms in total. The molecule has 1 fully saturated rings. The minimum atomic E-state index is -0.142. The van der Waals surface area contributed by atoms with Crippen LogP contribution in [0.2, 0.25) is 0 Å². The summed E-state index contributed by atoms with van der Waals surface area (Å²) in [6.45, 7) is 3.49. The zero-order valence-electron chi connectivity index (χ0n) is 9.88. The van der Waals surface area contributed by atoms with Crippen molar-refractivity contribution in [3.8, 4) is 11.5 Å². The van der Waals surface area contributed by atoms with Crippen molar-refractivity contribution in [1.29, 1.82) is 0 Å². The summed E-state index contributed by atoms with van der Waals surface area (Å²) in [6, 6.07) is 2.09. The van der Waals surface area contributed by atoms with Crippen LogP contribution in [0.1, 0.15) is 30.4 Å². The van der Waals surface area contributed by atoms with Gasteiger partial charge >= 0.3 is 0 Å². The third-order valence-electron chi connectivity index (χ3n) is 3.55. The molecule has 0 aromatic heterocycles. The van der Waals surface area contributed by atoms with Crippen LogP contribution in [0.15, 0.2) is 10.5 Å². The van der Waals surface area contributed by atoms with Crippen molar-refractivity contribution < 1.29 is 9.47 Å². The first kappa shape index (κ1) is 11.4. The number of hydrogen-bond donors (Lipinski definition) is 1. The molecule has 1 heterocycles. The third kappa shape index (κ3) is 1.83. The molecule has 0 spiro atoms. The van der Waals surface area contributed by atoms with E-state index in [0.29, 0.717) is 13.2 Å². The Morgan fingerprint density at radius 2 is 1.88 bits per heavy atom. The van der Waals surface area contributed by atoms with Gasteiger partial charge < -0.3 is 15.2 Å². The molecule has 1 aliphatic carbocycles. The third-order valence-corrected chi connectivity index (χ3v) is 4.13. The van der Waals surface area contributed by atoms with E-state index in [4.69, 9.17) is 15.2 Å². The van der Waals surface area contributed by atoms with E-state index in [1.165, 1.54) is 5.56 Å². The molecule has 92 valence electrons. The van der Waals surface area contributed by atoms with Crippen LogP contribution in [0.5, 0.6) is 11.5 Å². The highest BCUT2D eigenvalue weighted by Crippen LogP contribution is 2.50. The van der Waals surface area contributed by atoms with Crippen molar-refractivity contribution in [2.75, 3.05) is 13.2 Å². The first-order valence-corrected chi connectivity index (χ1v) is 6.79. The number of hydrogen-bond acceptors (Lipinski definition) is 3. The van der Waals surface area contributed by atoms with Gasteiger partial charge in [0.2, 0.25) is 0 Å². The standard InChI is InChI=1S/C13H16BrNO2/c1-8-9(13(15)3-4-13)7-10(14)12-11(8)16-5-2-6-17-12/h7H,2-6,15H2,1H3. The van der Waals surface area contributed by atoms with Crippen LogP contribution in [0.25, 0.3) is 0 Å². The lowest BCUT2D eigenvalue weighted by Crippen LogP contribution is -2.20. The van der Waals surface area contributed by atoms with Crippen LogP contribution >= 0.6 is 15.9 Å². The summed E-state index contributed by atoms with van der Waals surface area (Å²) in [5.41, 5.74) is 8.47. The average molecular weight is 298 g/mol. The largest absolute Gasteiger partial charge is 0.489 e. The van der Waals surface area contributed by atoms with Crippen LogP contribution in [-0.4, -0.2) is 13.2 Å². The predicted octanol–water partition coefficient (Wildman–Crippen LogP) is 2.87. The molecule has 4 heteroatoms.